The van der Waals surface area contributed by atoms with Gasteiger partial charge in [-0.25, -0.2) is 9.13 Å². The average molecular weight is 779 g/mol. The second-order valence-electron chi connectivity index (χ2n) is 10.0. The molecule has 2 aromatic carbocycles. The molecular formula is C32H48N2O16P2. The Morgan fingerprint density at radius 3 is 1.46 bits per heavy atom. The Morgan fingerprint density at radius 1 is 0.654 bits per heavy atom. The van der Waals surface area contributed by atoms with Crippen LogP contribution < -0.4 is 20.1 Å². The molecule has 0 aliphatic heterocycles. The first-order valence-corrected chi connectivity index (χ1v) is 19.1. The van der Waals surface area contributed by atoms with Crippen LogP contribution in [-0.2, 0) is 45.9 Å². The van der Waals surface area contributed by atoms with Crippen molar-refractivity contribution < 1.29 is 75.1 Å². The van der Waals surface area contributed by atoms with Gasteiger partial charge in [0.1, 0.15) is 17.6 Å². The summed E-state index contributed by atoms with van der Waals surface area (Å²) in [6.07, 6.45) is -2.15. The average Bonchev–Trinajstić information content (AvgIpc) is 3.08. The zero-order chi connectivity index (χ0) is 39.2. The molecule has 0 spiro atoms. The van der Waals surface area contributed by atoms with Gasteiger partial charge in [0.25, 0.3) is 11.8 Å². The van der Waals surface area contributed by atoms with E-state index < -0.39 is 64.8 Å². The van der Waals surface area contributed by atoms with Gasteiger partial charge in [-0.15, -0.1) is 0 Å². The number of esters is 2. The van der Waals surface area contributed by atoms with Crippen molar-refractivity contribution in [2.24, 2.45) is 0 Å². The first kappa shape index (κ1) is 46.5. The minimum atomic E-state index is -4.02. The predicted molar refractivity (Wildman–Crippen MR) is 186 cm³/mol. The molecule has 2 aromatic rings. The third kappa shape index (κ3) is 17.8. The highest BCUT2D eigenvalue weighted by Gasteiger charge is 2.34. The summed E-state index contributed by atoms with van der Waals surface area (Å²) in [5.41, 5.74) is 0.280. The Labute approximate surface area is 302 Å². The van der Waals surface area contributed by atoms with Gasteiger partial charge in [0, 0.05) is 26.9 Å². The van der Waals surface area contributed by atoms with Crippen LogP contribution in [0.3, 0.4) is 0 Å². The summed E-state index contributed by atoms with van der Waals surface area (Å²) in [5, 5.41) is 22.7. The number of hydrogen-bond donors (Lipinski definition) is 4. The van der Waals surface area contributed by atoms with Gasteiger partial charge >= 0.3 is 27.6 Å². The maximum Gasteiger partial charge on any atom is 0.475 e. The molecule has 20 heteroatoms. The van der Waals surface area contributed by atoms with Crippen LogP contribution in [0.25, 0.3) is 0 Å². The number of hydrogen-bond acceptors (Lipinski definition) is 16. The minimum Gasteiger partial charge on any atom is -0.426 e. The smallest absolute Gasteiger partial charge is 0.426 e. The number of carbonyl (C=O) groups excluding carboxylic acids is 4. The van der Waals surface area contributed by atoms with E-state index in [-0.39, 0.29) is 62.1 Å². The van der Waals surface area contributed by atoms with Crippen LogP contribution in [0.2, 0.25) is 0 Å². The zero-order valence-corrected chi connectivity index (χ0v) is 31.7. The highest BCUT2D eigenvalue weighted by atomic mass is 31.2. The number of para-hydroxylation sites is 2. The minimum absolute atomic E-state index is 0.0311. The van der Waals surface area contributed by atoms with Crippen LogP contribution >= 0.6 is 15.6 Å². The molecule has 2 amide bonds. The number of carbonyl (C=O) groups is 4. The number of amides is 2. The Hall–Kier alpha value is -3.54. The summed E-state index contributed by atoms with van der Waals surface area (Å²) in [7, 11) is -7.94. The zero-order valence-electron chi connectivity index (χ0n) is 29.9. The Balaban J connectivity index is 0.000000629. The van der Waals surface area contributed by atoms with Gasteiger partial charge in [-0.05, 0) is 52.0 Å². The van der Waals surface area contributed by atoms with E-state index in [2.05, 4.69) is 10.6 Å². The summed E-state index contributed by atoms with van der Waals surface area (Å²) in [6.45, 7) is 7.86. The van der Waals surface area contributed by atoms with Gasteiger partial charge in [0.2, 0.25) is 0 Å². The first-order valence-electron chi connectivity index (χ1n) is 16.2. The lowest BCUT2D eigenvalue weighted by Gasteiger charge is -2.25. The molecule has 4 N–H and O–H groups in total. The SMILES string of the molecule is CC(=O)Oc1ccccc1C(=O)NCC(O)CO.CCOP(=O)(OCC)OCC(CNC(=O)c1ccccc1OC(C)=O)OP(=O)(OCC)OCC. The highest BCUT2D eigenvalue weighted by Crippen LogP contribution is 2.52. The van der Waals surface area contributed by atoms with Crippen molar-refractivity contribution in [3.63, 3.8) is 0 Å². The van der Waals surface area contributed by atoms with Crippen LogP contribution in [0.4, 0.5) is 0 Å². The number of phosphoric acid groups is 2. The monoisotopic (exact) mass is 778 g/mol. The number of aliphatic hydroxyl groups excluding tert-OH is 2. The Kier molecular flexibility index (Phi) is 22.0. The normalized spacial score (nSPS) is 12.5. The number of aliphatic hydroxyl groups is 2. The number of nitrogens with one attached hydrogen (secondary N) is 2. The van der Waals surface area contributed by atoms with Crippen molar-refractivity contribution in [2.45, 2.75) is 53.8 Å². The number of benzene rings is 2. The quantitative estimate of drug-likeness (QED) is 0.0755. The molecule has 0 saturated carbocycles. The third-order valence-corrected chi connectivity index (χ3v) is 9.13. The van der Waals surface area contributed by atoms with E-state index in [0.29, 0.717) is 0 Å². The van der Waals surface area contributed by atoms with Crippen LogP contribution in [-0.4, -0.2) is 98.9 Å². The Morgan fingerprint density at radius 2 is 1.06 bits per heavy atom. The molecule has 0 radical (unpaired) electrons. The van der Waals surface area contributed by atoms with Crippen molar-refractivity contribution >= 4 is 39.4 Å². The van der Waals surface area contributed by atoms with E-state index in [1.165, 1.54) is 38.1 Å². The second-order valence-corrected chi connectivity index (χ2v) is 13.3. The molecular weight excluding hydrogens is 730 g/mol. The summed E-state index contributed by atoms with van der Waals surface area (Å²) < 4.78 is 66.7. The number of rotatable bonds is 22. The van der Waals surface area contributed by atoms with Crippen LogP contribution in [0.15, 0.2) is 48.5 Å². The maximum atomic E-state index is 12.9. The lowest BCUT2D eigenvalue weighted by molar-refractivity contribution is -0.132. The largest absolute Gasteiger partial charge is 0.475 e. The summed E-state index contributed by atoms with van der Waals surface area (Å²) >= 11 is 0. The number of ether oxygens (including phenoxy) is 2. The fourth-order valence-corrected chi connectivity index (χ4v) is 6.33. The molecule has 0 heterocycles. The molecule has 0 aliphatic rings. The second kappa shape index (κ2) is 24.7. The number of phosphoric ester groups is 2. The molecule has 0 saturated heterocycles. The van der Waals surface area contributed by atoms with E-state index in [4.69, 9.17) is 46.8 Å². The van der Waals surface area contributed by atoms with Crippen molar-refractivity contribution in [2.75, 3.05) is 52.7 Å². The van der Waals surface area contributed by atoms with Gasteiger partial charge in [-0.1, -0.05) is 24.3 Å². The Bertz CT molecular complexity index is 1500. The topological polar surface area (TPSA) is 241 Å². The first-order chi connectivity index (χ1) is 24.7. The molecule has 292 valence electrons. The van der Waals surface area contributed by atoms with Gasteiger partial charge < -0.3 is 30.3 Å². The van der Waals surface area contributed by atoms with Gasteiger partial charge in [-0.2, -0.15) is 0 Å². The van der Waals surface area contributed by atoms with Crippen molar-refractivity contribution in [3.05, 3.63) is 59.7 Å². The third-order valence-electron chi connectivity index (χ3n) is 5.82. The lowest BCUT2D eigenvalue weighted by atomic mass is 10.2. The van der Waals surface area contributed by atoms with Crippen molar-refractivity contribution in [3.8, 4) is 11.5 Å². The van der Waals surface area contributed by atoms with E-state index >= 15 is 0 Å². The molecule has 18 nitrogen and oxygen atoms in total. The molecule has 2 unspecified atom stereocenters. The van der Waals surface area contributed by atoms with Crippen LogP contribution in [0.5, 0.6) is 11.5 Å². The van der Waals surface area contributed by atoms with E-state index in [0.717, 1.165) is 0 Å². The lowest BCUT2D eigenvalue weighted by Crippen LogP contribution is -2.36. The molecule has 2 rings (SSSR count). The highest BCUT2D eigenvalue weighted by molar-refractivity contribution is 7.48. The fraction of sp³-hybridized carbons (Fsp3) is 0.500. The van der Waals surface area contributed by atoms with Crippen LogP contribution in [0, 0.1) is 0 Å². The molecule has 2 atom stereocenters. The summed E-state index contributed by atoms with van der Waals surface area (Å²) in [5.74, 6) is -1.99. The van der Waals surface area contributed by atoms with Gasteiger partial charge in [-0.3, -0.25) is 46.3 Å². The van der Waals surface area contributed by atoms with E-state index in [1.54, 1.807) is 52.0 Å². The van der Waals surface area contributed by atoms with E-state index in [9.17, 15) is 28.3 Å². The summed E-state index contributed by atoms with van der Waals surface area (Å²) in [4.78, 5) is 46.7. The molecule has 0 aliphatic carbocycles. The predicted octanol–water partition coefficient (Wildman–Crippen LogP) is 3.80. The van der Waals surface area contributed by atoms with Gasteiger partial charge in [0.15, 0.2) is 0 Å². The maximum absolute atomic E-state index is 12.9. The van der Waals surface area contributed by atoms with Crippen molar-refractivity contribution in [1.82, 2.24) is 10.6 Å². The fourth-order valence-electron chi connectivity index (χ4n) is 3.79. The summed E-state index contributed by atoms with van der Waals surface area (Å²) in [6, 6.07) is 12.4. The molecule has 0 aromatic heterocycles. The van der Waals surface area contributed by atoms with Crippen LogP contribution in [0.1, 0.15) is 62.3 Å². The van der Waals surface area contributed by atoms with Crippen molar-refractivity contribution in [1.29, 1.82) is 0 Å². The molecule has 0 bridgehead atoms. The standard InChI is InChI=1S/C20H33NO11P2.C12H15NO5/c1-6-26-33(24,27-7-2)30-15-17(32-34(25,28-8-3)29-9-4)14-21-20(23)18-12-10-11-13-19(18)31-16(5)22;1-8(15)18-11-5-3-2-4-10(11)12(17)13-6-9(16)7-14/h10-13,17H,6-9,14-15H2,1-5H3,(H,21,23);2-5,9,14,16H,6-7H2,1H3,(H,13,17). The van der Waals surface area contributed by atoms with E-state index in [1.807, 2.05) is 0 Å². The molecule has 52 heavy (non-hydrogen) atoms. The van der Waals surface area contributed by atoms with Gasteiger partial charge in [0.05, 0.1) is 56.9 Å². The molecule has 0 fully saturated rings.